The van der Waals surface area contributed by atoms with Gasteiger partial charge in [0.15, 0.2) is 5.78 Å². The quantitative estimate of drug-likeness (QED) is 0.162. The van der Waals surface area contributed by atoms with Crippen molar-refractivity contribution in [3.05, 3.63) is 131 Å². The van der Waals surface area contributed by atoms with Crippen molar-refractivity contribution in [2.24, 2.45) is 0 Å². The van der Waals surface area contributed by atoms with Crippen LogP contribution in [-0.2, 0) is 12.8 Å². The van der Waals surface area contributed by atoms with Gasteiger partial charge in [0.05, 0.1) is 16.6 Å². The topological polar surface area (TPSA) is 39.2 Å². The van der Waals surface area contributed by atoms with Crippen molar-refractivity contribution in [2.75, 3.05) is 0 Å². The average molecular weight is 537 g/mol. The van der Waals surface area contributed by atoms with Crippen LogP contribution in [0.15, 0.2) is 91.1 Å². The van der Waals surface area contributed by atoms with Crippen LogP contribution in [0.2, 0.25) is 0 Å². The standard InChI is InChI=1S/C30H17F6NO2/c31-19-13-25(32)23(26(33)14-19)16-39-20-9-4-8-18(12-20)27-21-10-5-11-24(30(34,35)36)28(21)37-15-22(27)29(38)17-6-2-1-3-7-17/h1-15H,16H2. The summed E-state index contributed by atoms with van der Waals surface area (Å²) in [4.78, 5) is 17.5. The summed E-state index contributed by atoms with van der Waals surface area (Å²) in [6, 6.07) is 18.8. The maximum Gasteiger partial charge on any atom is 0.418 e. The summed E-state index contributed by atoms with van der Waals surface area (Å²) in [7, 11) is 0. The van der Waals surface area contributed by atoms with Crippen LogP contribution >= 0.6 is 0 Å². The van der Waals surface area contributed by atoms with Gasteiger partial charge in [-0.2, -0.15) is 13.2 Å². The molecule has 39 heavy (non-hydrogen) atoms. The Hall–Kier alpha value is -4.66. The van der Waals surface area contributed by atoms with E-state index < -0.39 is 47.1 Å². The SMILES string of the molecule is O=C(c1ccccc1)c1cnc2c(C(F)(F)F)cccc2c1-c1cccc(OCc2c(F)cc(F)cc2F)c1. The zero-order valence-electron chi connectivity index (χ0n) is 19.9. The first-order chi connectivity index (χ1) is 18.6. The summed E-state index contributed by atoms with van der Waals surface area (Å²) in [5.74, 6) is -3.67. The molecule has 0 aliphatic heterocycles. The summed E-state index contributed by atoms with van der Waals surface area (Å²) in [6.07, 6.45) is -3.58. The molecule has 0 N–H and O–H groups in total. The number of fused-ring (bicyclic) bond motifs is 1. The molecule has 4 aromatic carbocycles. The van der Waals surface area contributed by atoms with Gasteiger partial charge in [-0.25, -0.2) is 13.2 Å². The van der Waals surface area contributed by atoms with Crippen molar-refractivity contribution < 1.29 is 35.9 Å². The molecular weight excluding hydrogens is 520 g/mol. The zero-order chi connectivity index (χ0) is 27.7. The summed E-state index contributed by atoms with van der Waals surface area (Å²) >= 11 is 0. The number of carbonyl (C=O) groups excluding carboxylic acids is 1. The van der Waals surface area contributed by atoms with E-state index >= 15 is 0 Å². The Labute approximate surface area is 218 Å². The van der Waals surface area contributed by atoms with Crippen LogP contribution in [0.4, 0.5) is 26.3 Å². The van der Waals surface area contributed by atoms with Crippen molar-refractivity contribution in [3.8, 4) is 16.9 Å². The monoisotopic (exact) mass is 537 g/mol. The minimum atomic E-state index is -4.69. The highest BCUT2D eigenvalue weighted by Crippen LogP contribution is 2.39. The number of pyridine rings is 1. The van der Waals surface area contributed by atoms with Crippen LogP contribution in [0, 0.1) is 17.5 Å². The van der Waals surface area contributed by atoms with Crippen LogP contribution < -0.4 is 4.74 Å². The lowest BCUT2D eigenvalue weighted by molar-refractivity contribution is -0.136. The molecule has 0 aliphatic carbocycles. The molecule has 0 fully saturated rings. The number of ketones is 1. The fourth-order valence-corrected chi connectivity index (χ4v) is 4.29. The second-order valence-corrected chi connectivity index (χ2v) is 8.61. The summed E-state index contributed by atoms with van der Waals surface area (Å²) < 4.78 is 88.3. The highest BCUT2D eigenvalue weighted by atomic mass is 19.4. The Balaban J connectivity index is 1.64. The highest BCUT2D eigenvalue weighted by Gasteiger charge is 2.34. The fourth-order valence-electron chi connectivity index (χ4n) is 4.29. The maximum absolute atomic E-state index is 14.1. The van der Waals surface area contributed by atoms with E-state index in [1.807, 2.05) is 0 Å². The molecule has 0 amide bonds. The number of alkyl halides is 3. The normalized spacial score (nSPS) is 11.5. The van der Waals surface area contributed by atoms with Crippen molar-refractivity contribution in [1.29, 1.82) is 0 Å². The molecule has 1 heterocycles. The molecule has 0 radical (unpaired) electrons. The molecule has 9 heteroatoms. The van der Waals surface area contributed by atoms with Gasteiger partial charge in [-0.15, -0.1) is 0 Å². The van der Waals surface area contributed by atoms with Gasteiger partial charge in [0.1, 0.15) is 29.8 Å². The molecule has 0 saturated heterocycles. The van der Waals surface area contributed by atoms with Crippen molar-refractivity contribution in [2.45, 2.75) is 12.8 Å². The third-order valence-corrected chi connectivity index (χ3v) is 6.10. The van der Waals surface area contributed by atoms with Crippen LogP contribution in [0.1, 0.15) is 27.0 Å². The van der Waals surface area contributed by atoms with Crippen LogP contribution in [0.3, 0.4) is 0 Å². The van der Waals surface area contributed by atoms with Crippen molar-refractivity contribution in [1.82, 2.24) is 4.98 Å². The van der Waals surface area contributed by atoms with Crippen molar-refractivity contribution >= 4 is 16.7 Å². The molecule has 0 unspecified atom stereocenters. The van der Waals surface area contributed by atoms with E-state index in [1.165, 1.54) is 30.3 Å². The molecule has 5 aromatic rings. The molecule has 196 valence electrons. The highest BCUT2D eigenvalue weighted by molar-refractivity contribution is 6.16. The number of benzene rings is 4. The Morgan fingerprint density at radius 1 is 0.821 bits per heavy atom. The Morgan fingerprint density at radius 3 is 2.21 bits per heavy atom. The van der Waals surface area contributed by atoms with Gasteiger partial charge >= 0.3 is 6.18 Å². The third kappa shape index (κ3) is 5.20. The number of aromatic nitrogens is 1. The Morgan fingerprint density at radius 2 is 1.51 bits per heavy atom. The average Bonchev–Trinajstić information content (AvgIpc) is 2.91. The summed E-state index contributed by atoms with van der Waals surface area (Å²) in [5, 5.41) is 0.0828. The van der Waals surface area contributed by atoms with Crippen LogP contribution in [0.25, 0.3) is 22.0 Å². The van der Waals surface area contributed by atoms with Crippen molar-refractivity contribution in [3.63, 3.8) is 0 Å². The Bertz CT molecular complexity index is 1680. The number of para-hydroxylation sites is 1. The third-order valence-electron chi connectivity index (χ3n) is 6.10. The first kappa shape index (κ1) is 26.0. The summed E-state index contributed by atoms with van der Waals surface area (Å²) in [6.45, 7) is -0.577. The van der Waals surface area contributed by atoms with Gasteiger partial charge in [-0.05, 0) is 23.8 Å². The van der Waals surface area contributed by atoms with Crippen LogP contribution in [0.5, 0.6) is 5.75 Å². The second-order valence-electron chi connectivity index (χ2n) is 8.61. The number of halogens is 6. The molecule has 0 saturated carbocycles. The number of hydrogen-bond acceptors (Lipinski definition) is 3. The maximum atomic E-state index is 14.1. The van der Waals surface area contributed by atoms with Gasteiger partial charge in [-0.3, -0.25) is 9.78 Å². The lowest BCUT2D eigenvalue weighted by Crippen LogP contribution is -2.09. The number of nitrogens with zero attached hydrogens (tertiary/aromatic N) is 1. The summed E-state index contributed by atoms with van der Waals surface area (Å²) in [5.41, 5.74) is -0.933. The number of rotatable bonds is 6. The Kier molecular flexibility index (Phi) is 6.82. The van der Waals surface area contributed by atoms with E-state index in [2.05, 4.69) is 4.98 Å². The lowest BCUT2D eigenvalue weighted by Gasteiger charge is -2.16. The van der Waals surface area contributed by atoms with Gasteiger partial charge in [0.2, 0.25) is 0 Å². The van der Waals surface area contributed by atoms with E-state index in [1.54, 1.807) is 36.4 Å². The second kappa shape index (κ2) is 10.2. The minimum absolute atomic E-state index is 0.0563. The molecule has 3 nitrogen and oxygen atoms in total. The van der Waals surface area contributed by atoms with E-state index in [-0.39, 0.29) is 27.8 Å². The minimum Gasteiger partial charge on any atom is -0.489 e. The predicted molar refractivity (Wildman–Crippen MR) is 133 cm³/mol. The smallest absolute Gasteiger partial charge is 0.418 e. The van der Waals surface area contributed by atoms with Gasteiger partial charge in [-0.1, -0.05) is 54.6 Å². The number of hydrogen-bond donors (Lipinski definition) is 0. The predicted octanol–water partition coefficient (Wildman–Crippen LogP) is 8.15. The fraction of sp³-hybridized carbons (Fsp3) is 0.0667. The molecule has 0 spiro atoms. The van der Waals surface area contributed by atoms with Gasteiger partial charge < -0.3 is 4.74 Å². The zero-order valence-corrected chi connectivity index (χ0v) is 19.9. The van der Waals surface area contributed by atoms with Gasteiger partial charge in [0.25, 0.3) is 0 Å². The number of ether oxygens (including phenoxy) is 1. The number of carbonyl (C=O) groups is 1. The molecule has 1 aromatic heterocycles. The first-order valence-corrected chi connectivity index (χ1v) is 11.6. The van der Waals surface area contributed by atoms with Gasteiger partial charge in [0, 0.05) is 40.4 Å². The molecule has 0 aliphatic rings. The molecule has 5 rings (SSSR count). The molecular formula is C30H17F6NO2. The largest absolute Gasteiger partial charge is 0.489 e. The van der Waals surface area contributed by atoms with E-state index in [4.69, 9.17) is 4.74 Å². The molecule has 0 atom stereocenters. The van der Waals surface area contributed by atoms with E-state index in [0.29, 0.717) is 23.3 Å². The van der Waals surface area contributed by atoms with E-state index in [9.17, 15) is 31.1 Å². The lowest BCUT2D eigenvalue weighted by atomic mass is 9.91. The molecule has 0 bridgehead atoms. The van der Waals surface area contributed by atoms with E-state index in [0.717, 1.165) is 12.3 Å². The first-order valence-electron chi connectivity index (χ1n) is 11.6. The van der Waals surface area contributed by atoms with Crippen LogP contribution in [-0.4, -0.2) is 10.8 Å².